The van der Waals surface area contributed by atoms with E-state index in [1.54, 1.807) is 0 Å². The summed E-state index contributed by atoms with van der Waals surface area (Å²) in [5.41, 5.74) is 6.81. The van der Waals surface area contributed by atoms with E-state index in [0.29, 0.717) is 6.54 Å². The van der Waals surface area contributed by atoms with Crippen molar-refractivity contribution in [1.29, 1.82) is 0 Å². The third-order valence-corrected chi connectivity index (χ3v) is 3.92. The second-order valence-electron chi connectivity index (χ2n) is 5.11. The molecule has 0 spiro atoms. The second-order valence-corrected chi connectivity index (χ2v) is 6.02. The largest absolute Gasteiger partial charge is 0.349 e. The Kier molecular flexibility index (Phi) is 6.52. The van der Waals surface area contributed by atoms with Gasteiger partial charge in [-0.3, -0.25) is 4.79 Å². The Morgan fingerprint density at radius 1 is 1.32 bits per heavy atom. The van der Waals surface area contributed by atoms with Gasteiger partial charge in [0.25, 0.3) is 0 Å². The molecule has 1 aromatic carbocycles. The Morgan fingerprint density at radius 2 is 1.89 bits per heavy atom. The molecular weight excluding hydrogens is 304 g/mol. The molecule has 0 radical (unpaired) electrons. The van der Waals surface area contributed by atoms with E-state index in [4.69, 9.17) is 5.73 Å². The molecule has 0 saturated heterocycles. The number of amides is 1. The van der Waals surface area contributed by atoms with Crippen LogP contribution in [0.15, 0.2) is 28.7 Å². The standard InChI is InChI=1S/C15H23BrN2O/c1-4-14(11-5-7-12(16)8-6-11)18-15(19)13(9-17)10(2)3/h5-8,10,13-14H,4,9,17H2,1-3H3,(H,18,19). The minimum Gasteiger partial charge on any atom is -0.349 e. The molecular formula is C15H23BrN2O. The average molecular weight is 327 g/mol. The van der Waals surface area contributed by atoms with Crippen LogP contribution < -0.4 is 11.1 Å². The number of nitrogens with one attached hydrogen (secondary N) is 1. The van der Waals surface area contributed by atoms with Gasteiger partial charge in [0.1, 0.15) is 0 Å². The lowest BCUT2D eigenvalue weighted by molar-refractivity contribution is -0.126. The van der Waals surface area contributed by atoms with Crippen LogP contribution in [0.25, 0.3) is 0 Å². The Bertz CT molecular complexity index is 403. The normalized spacial score (nSPS) is 14.2. The predicted molar refractivity (Wildman–Crippen MR) is 82.7 cm³/mol. The van der Waals surface area contributed by atoms with Gasteiger partial charge in [0.05, 0.1) is 12.0 Å². The third kappa shape index (κ3) is 4.62. The van der Waals surface area contributed by atoms with E-state index in [1.165, 1.54) is 0 Å². The molecule has 19 heavy (non-hydrogen) atoms. The maximum atomic E-state index is 12.2. The Balaban J connectivity index is 2.76. The summed E-state index contributed by atoms with van der Waals surface area (Å²) >= 11 is 3.42. The van der Waals surface area contributed by atoms with Gasteiger partial charge < -0.3 is 11.1 Å². The lowest BCUT2D eigenvalue weighted by atomic mass is 9.94. The fraction of sp³-hybridized carbons (Fsp3) is 0.533. The molecule has 0 saturated carbocycles. The van der Waals surface area contributed by atoms with Crippen LogP contribution in [0.1, 0.15) is 38.8 Å². The van der Waals surface area contributed by atoms with Gasteiger partial charge >= 0.3 is 0 Å². The van der Waals surface area contributed by atoms with Gasteiger partial charge in [0.2, 0.25) is 5.91 Å². The SMILES string of the molecule is CCC(NC(=O)C(CN)C(C)C)c1ccc(Br)cc1. The molecule has 4 heteroatoms. The lowest BCUT2D eigenvalue weighted by Gasteiger charge is -2.23. The van der Waals surface area contributed by atoms with Gasteiger partial charge in [-0.1, -0.05) is 48.8 Å². The lowest BCUT2D eigenvalue weighted by Crippen LogP contribution is -2.39. The summed E-state index contributed by atoms with van der Waals surface area (Å²) in [7, 11) is 0. The smallest absolute Gasteiger partial charge is 0.225 e. The number of halogens is 1. The van der Waals surface area contributed by atoms with Crippen LogP contribution in [-0.4, -0.2) is 12.5 Å². The zero-order valence-corrected chi connectivity index (χ0v) is 13.4. The molecule has 1 rings (SSSR count). The molecule has 0 aromatic heterocycles. The van der Waals surface area contributed by atoms with Gasteiger partial charge in [0.15, 0.2) is 0 Å². The highest BCUT2D eigenvalue weighted by Gasteiger charge is 2.23. The molecule has 3 N–H and O–H groups in total. The minimum absolute atomic E-state index is 0.0484. The van der Waals surface area contributed by atoms with E-state index in [2.05, 4.69) is 28.2 Å². The first-order valence-corrected chi connectivity index (χ1v) is 7.54. The van der Waals surface area contributed by atoms with E-state index >= 15 is 0 Å². The van der Waals surface area contributed by atoms with Crippen molar-refractivity contribution < 1.29 is 4.79 Å². The molecule has 0 aliphatic rings. The summed E-state index contributed by atoms with van der Waals surface area (Å²) in [6, 6.07) is 8.10. The van der Waals surface area contributed by atoms with Crippen molar-refractivity contribution in [2.75, 3.05) is 6.54 Å². The number of carbonyl (C=O) groups excluding carboxylic acids is 1. The first kappa shape index (κ1) is 16.2. The van der Waals surface area contributed by atoms with Crippen molar-refractivity contribution in [1.82, 2.24) is 5.32 Å². The molecule has 2 unspecified atom stereocenters. The fourth-order valence-corrected chi connectivity index (χ4v) is 2.34. The molecule has 0 aliphatic carbocycles. The number of hydrogen-bond acceptors (Lipinski definition) is 2. The van der Waals surface area contributed by atoms with Crippen molar-refractivity contribution in [2.45, 2.75) is 33.2 Å². The number of hydrogen-bond donors (Lipinski definition) is 2. The summed E-state index contributed by atoms with van der Waals surface area (Å²) in [6.07, 6.45) is 0.864. The number of nitrogens with two attached hydrogens (primary N) is 1. The number of benzene rings is 1. The second kappa shape index (κ2) is 7.65. The Hall–Kier alpha value is -0.870. The van der Waals surface area contributed by atoms with Crippen LogP contribution in [0.3, 0.4) is 0 Å². The highest BCUT2D eigenvalue weighted by atomic mass is 79.9. The first-order chi connectivity index (χ1) is 8.99. The van der Waals surface area contributed by atoms with E-state index in [0.717, 1.165) is 16.5 Å². The number of carbonyl (C=O) groups is 1. The maximum Gasteiger partial charge on any atom is 0.225 e. The summed E-state index contributed by atoms with van der Waals surface area (Å²) in [4.78, 5) is 12.2. The first-order valence-electron chi connectivity index (χ1n) is 6.75. The molecule has 1 aromatic rings. The van der Waals surface area contributed by atoms with Crippen molar-refractivity contribution in [3.8, 4) is 0 Å². The molecule has 0 aliphatic heterocycles. The monoisotopic (exact) mass is 326 g/mol. The Morgan fingerprint density at radius 3 is 2.32 bits per heavy atom. The van der Waals surface area contributed by atoms with Crippen LogP contribution in [-0.2, 0) is 4.79 Å². The zero-order chi connectivity index (χ0) is 14.4. The van der Waals surface area contributed by atoms with E-state index in [9.17, 15) is 4.79 Å². The summed E-state index contributed by atoms with van der Waals surface area (Å²) in [6.45, 7) is 6.51. The van der Waals surface area contributed by atoms with Gasteiger partial charge in [-0.05, 0) is 30.0 Å². The van der Waals surface area contributed by atoms with Crippen LogP contribution >= 0.6 is 15.9 Å². The molecule has 0 heterocycles. The summed E-state index contributed by atoms with van der Waals surface area (Å²) in [5, 5.41) is 3.10. The molecule has 0 bridgehead atoms. The third-order valence-electron chi connectivity index (χ3n) is 3.39. The van der Waals surface area contributed by atoms with E-state index < -0.39 is 0 Å². The zero-order valence-electron chi connectivity index (χ0n) is 11.8. The van der Waals surface area contributed by atoms with Gasteiger partial charge in [0, 0.05) is 11.0 Å². The highest BCUT2D eigenvalue weighted by Crippen LogP contribution is 2.20. The molecule has 2 atom stereocenters. The molecule has 0 fully saturated rings. The Labute approximate surface area is 124 Å². The highest BCUT2D eigenvalue weighted by molar-refractivity contribution is 9.10. The number of rotatable bonds is 6. The van der Waals surface area contributed by atoms with Crippen molar-refractivity contribution in [2.24, 2.45) is 17.6 Å². The topological polar surface area (TPSA) is 55.1 Å². The molecule has 3 nitrogen and oxygen atoms in total. The maximum absolute atomic E-state index is 12.2. The van der Waals surface area contributed by atoms with Crippen molar-refractivity contribution in [3.05, 3.63) is 34.3 Å². The minimum atomic E-state index is -0.121. The van der Waals surface area contributed by atoms with E-state index in [-0.39, 0.29) is 23.8 Å². The molecule has 1 amide bonds. The van der Waals surface area contributed by atoms with Crippen molar-refractivity contribution in [3.63, 3.8) is 0 Å². The van der Waals surface area contributed by atoms with Gasteiger partial charge in [-0.15, -0.1) is 0 Å². The fourth-order valence-electron chi connectivity index (χ4n) is 2.08. The van der Waals surface area contributed by atoms with Crippen molar-refractivity contribution >= 4 is 21.8 Å². The van der Waals surface area contributed by atoms with Crippen LogP contribution in [0.5, 0.6) is 0 Å². The van der Waals surface area contributed by atoms with Crippen LogP contribution in [0, 0.1) is 11.8 Å². The van der Waals surface area contributed by atoms with Crippen LogP contribution in [0.4, 0.5) is 0 Å². The van der Waals surface area contributed by atoms with Gasteiger partial charge in [-0.25, -0.2) is 0 Å². The van der Waals surface area contributed by atoms with Crippen LogP contribution in [0.2, 0.25) is 0 Å². The summed E-state index contributed by atoms with van der Waals surface area (Å²) in [5.74, 6) is 0.184. The average Bonchev–Trinajstić information content (AvgIpc) is 2.37. The quantitative estimate of drug-likeness (QED) is 0.843. The van der Waals surface area contributed by atoms with E-state index in [1.807, 2.05) is 38.1 Å². The summed E-state index contributed by atoms with van der Waals surface area (Å²) < 4.78 is 1.04. The molecule has 106 valence electrons. The predicted octanol–water partition coefficient (Wildman–Crippen LogP) is 3.25. The van der Waals surface area contributed by atoms with Gasteiger partial charge in [-0.2, -0.15) is 0 Å².